The first-order chi connectivity index (χ1) is 6.68. The van der Waals surface area contributed by atoms with Crippen molar-refractivity contribution in [3.8, 4) is 0 Å². The molecule has 0 spiro atoms. The van der Waals surface area contributed by atoms with E-state index < -0.39 is 17.7 Å². The number of Topliss-reactive ketones (excluding diaryl/α,β-unsaturated/α-hetero) is 1. The van der Waals surface area contributed by atoms with Crippen LogP contribution < -0.4 is 0 Å². The van der Waals surface area contributed by atoms with Crippen LogP contribution in [0.2, 0.25) is 0 Å². The van der Waals surface area contributed by atoms with Gasteiger partial charge in [-0.05, 0) is 12.5 Å². The summed E-state index contributed by atoms with van der Waals surface area (Å²) in [7, 11) is 0. The van der Waals surface area contributed by atoms with Crippen molar-refractivity contribution in [3.05, 3.63) is 35.4 Å². The van der Waals surface area contributed by atoms with E-state index >= 15 is 0 Å². The fraction of sp³-hybridized carbons (Fsp3) is 0.200. The van der Waals surface area contributed by atoms with Crippen LogP contribution in [-0.4, -0.2) is 11.7 Å². The first-order valence-electron chi connectivity index (χ1n) is 4.24. The highest BCUT2D eigenvalue weighted by Gasteiger charge is 2.31. The predicted octanol–water partition coefficient (Wildman–Crippen LogP) is 1.60. The second kappa shape index (κ2) is 3.14. The first kappa shape index (κ1) is 8.74. The van der Waals surface area contributed by atoms with E-state index in [1.165, 1.54) is 0 Å². The van der Waals surface area contributed by atoms with Crippen LogP contribution in [0.1, 0.15) is 17.2 Å². The van der Waals surface area contributed by atoms with Crippen molar-refractivity contribution in [2.24, 2.45) is 10.2 Å². The number of nitrogens with zero attached hydrogens (tertiary/aromatic N) is 2. The van der Waals surface area contributed by atoms with E-state index in [-0.39, 0.29) is 0 Å². The third-order valence-electron chi connectivity index (χ3n) is 2.12. The summed E-state index contributed by atoms with van der Waals surface area (Å²) in [5, 5.41) is 6.86. The van der Waals surface area contributed by atoms with Crippen LogP contribution in [0.25, 0.3) is 0 Å². The fourth-order valence-electron chi connectivity index (χ4n) is 1.30. The van der Waals surface area contributed by atoms with Gasteiger partial charge >= 0.3 is 5.91 Å². The molecule has 0 bridgehead atoms. The molecule has 0 saturated carbocycles. The Bertz CT molecular complexity index is 420. The van der Waals surface area contributed by atoms with E-state index in [4.69, 9.17) is 0 Å². The maximum absolute atomic E-state index is 11.3. The average molecular weight is 188 g/mol. The highest BCUT2D eigenvalue weighted by molar-refractivity contribution is 6.39. The van der Waals surface area contributed by atoms with Crippen LogP contribution in [0.4, 0.5) is 0 Å². The zero-order valence-electron chi connectivity index (χ0n) is 7.60. The Balaban J connectivity index is 2.33. The number of ketones is 1. The fourth-order valence-corrected chi connectivity index (χ4v) is 1.30. The number of amides is 1. The number of hydrogen-bond donors (Lipinski definition) is 0. The molecule has 70 valence electrons. The molecular formula is C10H8N2O2. The lowest BCUT2D eigenvalue weighted by molar-refractivity contribution is -0.135. The molecule has 0 aliphatic carbocycles. The molecule has 1 amide bonds. The molecule has 4 nitrogen and oxygen atoms in total. The molecule has 1 aromatic carbocycles. The van der Waals surface area contributed by atoms with E-state index in [9.17, 15) is 9.59 Å². The van der Waals surface area contributed by atoms with Gasteiger partial charge in [-0.1, -0.05) is 29.8 Å². The third-order valence-corrected chi connectivity index (χ3v) is 2.12. The topological polar surface area (TPSA) is 58.9 Å². The number of carbonyl (C=O) groups excluding carboxylic acids is 2. The number of aryl methyl sites for hydroxylation is 1. The molecular weight excluding hydrogens is 180 g/mol. The van der Waals surface area contributed by atoms with Crippen LogP contribution in [0.5, 0.6) is 0 Å². The first-order valence-corrected chi connectivity index (χ1v) is 4.24. The Morgan fingerprint density at radius 1 is 1.14 bits per heavy atom. The highest BCUT2D eigenvalue weighted by atomic mass is 16.2. The van der Waals surface area contributed by atoms with Gasteiger partial charge in [-0.3, -0.25) is 9.59 Å². The van der Waals surface area contributed by atoms with Crippen LogP contribution in [-0.2, 0) is 9.59 Å². The number of hydrogen-bond acceptors (Lipinski definition) is 3. The smallest absolute Gasteiger partial charge is 0.286 e. The number of benzene rings is 1. The van der Waals surface area contributed by atoms with Crippen LogP contribution in [0.15, 0.2) is 34.5 Å². The summed E-state index contributed by atoms with van der Waals surface area (Å²) >= 11 is 0. The SMILES string of the molecule is Cc1ccc(C2N=NC(=O)C2=O)cc1. The maximum Gasteiger partial charge on any atom is 0.333 e. The summed E-state index contributed by atoms with van der Waals surface area (Å²) in [6.45, 7) is 1.95. The summed E-state index contributed by atoms with van der Waals surface area (Å²) in [5.74, 6) is -1.30. The normalized spacial score (nSPS) is 20.5. The van der Waals surface area contributed by atoms with Crippen molar-refractivity contribution in [1.29, 1.82) is 0 Å². The van der Waals surface area contributed by atoms with Crippen molar-refractivity contribution in [3.63, 3.8) is 0 Å². The van der Waals surface area contributed by atoms with Crippen molar-refractivity contribution >= 4 is 11.7 Å². The van der Waals surface area contributed by atoms with Gasteiger partial charge in [0, 0.05) is 0 Å². The second-order valence-corrected chi connectivity index (χ2v) is 3.20. The van der Waals surface area contributed by atoms with Crippen LogP contribution in [0.3, 0.4) is 0 Å². The van der Waals surface area contributed by atoms with E-state index in [2.05, 4.69) is 10.2 Å². The minimum absolute atomic E-state index is 0.547. The van der Waals surface area contributed by atoms with Gasteiger partial charge in [-0.15, -0.1) is 5.11 Å². The van der Waals surface area contributed by atoms with Gasteiger partial charge in [-0.25, -0.2) is 0 Å². The van der Waals surface area contributed by atoms with E-state index in [0.717, 1.165) is 11.1 Å². The lowest BCUT2D eigenvalue weighted by Gasteiger charge is -2.02. The highest BCUT2D eigenvalue weighted by Crippen LogP contribution is 2.24. The van der Waals surface area contributed by atoms with Gasteiger partial charge in [0.25, 0.3) is 5.78 Å². The van der Waals surface area contributed by atoms with Gasteiger partial charge < -0.3 is 0 Å². The quantitative estimate of drug-likeness (QED) is 0.628. The molecule has 4 heteroatoms. The summed E-state index contributed by atoms with van der Waals surface area (Å²) in [4.78, 5) is 22.1. The Morgan fingerprint density at radius 2 is 1.79 bits per heavy atom. The number of carbonyl (C=O) groups is 2. The molecule has 1 atom stereocenters. The maximum atomic E-state index is 11.3. The second-order valence-electron chi connectivity index (χ2n) is 3.20. The molecule has 1 unspecified atom stereocenters. The van der Waals surface area contributed by atoms with Gasteiger partial charge in [0.15, 0.2) is 6.04 Å². The lowest BCUT2D eigenvalue weighted by Crippen LogP contribution is -2.12. The molecule has 0 radical (unpaired) electrons. The zero-order chi connectivity index (χ0) is 10.1. The summed E-state index contributed by atoms with van der Waals surface area (Å²) in [5.41, 5.74) is 1.82. The largest absolute Gasteiger partial charge is 0.333 e. The molecule has 0 aromatic heterocycles. The number of azo groups is 1. The van der Waals surface area contributed by atoms with Gasteiger partial charge in [0.05, 0.1) is 0 Å². The van der Waals surface area contributed by atoms with Crippen LogP contribution in [0, 0.1) is 6.92 Å². The Kier molecular flexibility index (Phi) is 1.96. The molecule has 0 saturated heterocycles. The van der Waals surface area contributed by atoms with E-state index in [1.54, 1.807) is 12.1 Å². The molecule has 0 fully saturated rings. The molecule has 14 heavy (non-hydrogen) atoms. The van der Waals surface area contributed by atoms with Crippen molar-refractivity contribution < 1.29 is 9.59 Å². The van der Waals surface area contributed by atoms with Gasteiger partial charge in [-0.2, -0.15) is 5.11 Å². The summed E-state index contributed by atoms with van der Waals surface area (Å²) in [6.07, 6.45) is 0. The Labute approximate surface area is 80.7 Å². The molecule has 1 aliphatic heterocycles. The van der Waals surface area contributed by atoms with E-state index in [1.807, 2.05) is 19.1 Å². The van der Waals surface area contributed by atoms with Crippen molar-refractivity contribution in [2.45, 2.75) is 13.0 Å². The summed E-state index contributed by atoms with van der Waals surface area (Å²) in [6, 6.07) is 6.61. The van der Waals surface area contributed by atoms with Crippen LogP contribution >= 0.6 is 0 Å². The minimum atomic E-state index is -0.754. The Hall–Kier alpha value is -1.84. The molecule has 2 rings (SSSR count). The minimum Gasteiger partial charge on any atom is -0.286 e. The molecule has 1 aromatic rings. The lowest BCUT2D eigenvalue weighted by atomic mass is 10.0. The number of rotatable bonds is 1. The van der Waals surface area contributed by atoms with E-state index in [0.29, 0.717) is 0 Å². The zero-order valence-corrected chi connectivity index (χ0v) is 7.60. The monoisotopic (exact) mass is 188 g/mol. The molecule has 1 aliphatic rings. The molecule has 0 N–H and O–H groups in total. The summed E-state index contributed by atoms with van der Waals surface area (Å²) < 4.78 is 0. The predicted molar refractivity (Wildman–Crippen MR) is 48.8 cm³/mol. The van der Waals surface area contributed by atoms with Gasteiger partial charge in [0.2, 0.25) is 0 Å². The van der Waals surface area contributed by atoms with Crippen molar-refractivity contribution in [2.75, 3.05) is 0 Å². The Morgan fingerprint density at radius 3 is 2.29 bits per heavy atom. The standard InChI is InChI=1S/C10H8N2O2/c1-6-2-4-7(5-3-6)8-9(13)10(14)12-11-8/h2-5,8H,1H3. The van der Waals surface area contributed by atoms with Gasteiger partial charge in [0.1, 0.15) is 0 Å². The average Bonchev–Trinajstić information content (AvgIpc) is 2.50. The van der Waals surface area contributed by atoms with Crippen molar-refractivity contribution in [1.82, 2.24) is 0 Å². The molecule has 1 heterocycles. The third kappa shape index (κ3) is 1.35.